The van der Waals surface area contributed by atoms with Crippen LogP contribution >= 0.6 is 0 Å². The smallest absolute Gasteiger partial charge is 0.243 e. The van der Waals surface area contributed by atoms with E-state index in [-0.39, 0.29) is 17.9 Å². The number of benzene rings is 3. The second-order valence-corrected chi connectivity index (χ2v) is 8.25. The number of nitrogens with two attached hydrogens (primary N) is 1. The molecule has 0 fully saturated rings. The Kier molecular flexibility index (Phi) is 9.23. The van der Waals surface area contributed by atoms with Gasteiger partial charge < -0.3 is 21.1 Å². The van der Waals surface area contributed by atoms with Gasteiger partial charge in [0, 0.05) is 0 Å². The van der Waals surface area contributed by atoms with E-state index in [4.69, 9.17) is 10.5 Å². The molecule has 0 radical (unpaired) electrons. The van der Waals surface area contributed by atoms with E-state index in [1.807, 2.05) is 91.9 Å². The predicted molar refractivity (Wildman–Crippen MR) is 134 cm³/mol. The highest BCUT2D eigenvalue weighted by Gasteiger charge is 2.28. The first-order valence-corrected chi connectivity index (χ1v) is 11.6. The minimum atomic E-state index is -0.688. The van der Waals surface area contributed by atoms with Crippen LogP contribution in [0.4, 0.5) is 0 Å². The van der Waals surface area contributed by atoms with Crippen molar-refractivity contribution in [2.24, 2.45) is 5.73 Å². The molecule has 0 aromatic heterocycles. The molecule has 0 heterocycles. The highest BCUT2D eigenvalue weighted by Crippen LogP contribution is 2.25. The number of hydrogen-bond donors (Lipinski definition) is 3. The Morgan fingerprint density at radius 3 is 1.85 bits per heavy atom. The SMILES string of the molecule is COc1ccc([C@H](C)NC(=O)[C@@H](CCCN)NC(=O)C(c2ccccc2)c2ccccc2)cc1. The molecule has 0 aliphatic carbocycles. The Balaban J connectivity index is 1.77. The number of hydrogen-bond acceptors (Lipinski definition) is 4. The molecule has 0 aliphatic rings. The fraction of sp³-hybridized carbons (Fsp3) is 0.286. The molecule has 6 nitrogen and oxygen atoms in total. The summed E-state index contributed by atoms with van der Waals surface area (Å²) in [4.78, 5) is 26.7. The molecule has 0 unspecified atom stereocenters. The van der Waals surface area contributed by atoms with Gasteiger partial charge in [-0.05, 0) is 55.1 Å². The van der Waals surface area contributed by atoms with Gasteiger partial charge in [0.25, 0.3) is 0 Å². The molecule has 0 spiro atoms. The Labute approximate surface area is 201 Å². The number of rotatable bonds is 11. The third-order valence-electron chi connectivity index (χ3n) is 5.83. The zero-order valence-electron chi connectivity index (χ0n) is 19.7. The predicted octanol–water partition coefficient (Wildman–Crippen LogP) is 3.93. The number of nitrogens with one attached hydrogen (secondary N) is 2. The van der Waals surface area contributed by atoms with Gasteiger partial charge in [-0.15, -0.1) is 0 Å². The average Bonchev–Trinajstić information content (AvgIpc) is 2.88. The largest absolute Gasteiger partial charge is 0.497 e. The number of carbonyl (C=O) groups is 2. The number of carbonyl (C=O) groups excluding carboxylic acids is 2. The summed E-state index contributed by atoms with van der Waals surface area (Å²) in [6, 6.07) is 25.8. The molecule has 6 heteroatoms. The van der Waals surface area contributed by atoms with Crippen LogP contribution in [0.1, 0.15) is 48.4 Å². The van der Waals surface area contributed by atoms with E-state index in [1.165, 1.54) is 0 Å². The van der Waals surface area contributed by atoms with Crippen molar-refractivity contribution in [3.63, 3.8) is 0 Å². The molecule has 4 N–H and O–H groups in total. The van der Waals surface area contributed by atoms with Gasteiger partial charge in [0.15, 0.2) is 0 Å². The fourth-order valence-corrected chi connectivity index (χ4v) is 3.92. The van der Waals surface area contributed by atoms with Crippen LogP contribution in [0.2, 0.25) is 0 Å². The van der Waals surface area contributed by atoms with Crippen molar-refractivity contribution in [2.75, 3.05) is 13.7 Å². The third-order valence-corrected chi connectivity index (χ3v) is 5.83. The van der Waals surface area contributed by atoms with Crippen LogP contribution in [0.5, 0.6) is 5.75 Å². The zero-order chi connectivity index (χ0) is 24.3. The number of amides is 2. The van der Waals surface area contributed by atoms with Gasteiger partial charge in [-0.25, -0.2) is 0 Å². The van der Waals surface area contributed by atoms with Gasteiger partial charge in [-0.2, -0.15) is 0 Å². The number of methoxy groups -OCH3 is 1. The summed E-state index contributed by atoms with van der Waals surface area (Å²) < 4.78 is 5.20. The van der Waals surface area contributed by atoms with Crippen LogP contribution in [0.25, 0.3) is 0 Å². The van der Waals surface area contributed by atoms with Crippen molar-refractivity contribution in [1.29, 1.82) is 0 Å². The summed E-state index contributed by atoms with van der Waals surface area (Å²) in [6.45, 7) is 2.35. The van der Waals surface area contributed by atoms with E-state index < -0.39 is 12.0 Å². The topological polar surface area (TPSA) is 93.4 Å². The lowest BCUT2D eigenvalue weighted by Crippen LogP contribution is -2.48. The Bertz CT molecular complexity index is 1000. The quantitative estimate of drug-likeness (QED) is 0.405. The lowest BCUT2D eigenvalue weighted by Gasteiger charge is -2.25. The molecule has 0 aliphatic heterocycles. The van der Waals surface area contributed by atoms with Gasteiger partial charge in [-0.1, -0.05) is 72.8 Å². The van der Waals surface area contributed by atoms with Crippen molar-refractivity contribution in [3.8, 4) is 5.75 Å². The molecule has 3 aromatic rings. The van der Waals surface area contributed by atoms with Crippen molar-refractivity contribution < 1.29 is 14.3 Å². The van der Waals surface area contributed by atoms with Crippen LogP contribution in [-0.2, 0) is 9.59 Å². The number of ether oxygens (including phenoxy) is 1. The lowest BCUT2D eigenvalue weighted by molar-refractivity contribution is -0.129. The van der Waals surface area contributed by atoms with Gasteiger partial charge in [0.2, 0.25) is 11.8 Å². The molecule has 2 atom stereocenters. The fourth-order valence-electron chi connectivity index (χ4n) is 3.92. The molecule has 178 valence electrons. The summed E-state index contributed by atoms with van der Waals surface area (Å²) in [6.07, 6.45) is 1.08. The van der Waals surface area contributed by atoms with E-state index in [1.54, 1.807) is 7.11 Å². The monoisotopic (exact) mass is 459 g/mol. The maximum Gasteiger partial charge on any atom is 0.243 e. The molecule has 2 amide bonds. The second kappa shape index (κ2) is 12.6. The van der Waals surface area contributed by atoms with Crippen LogP contribution in [0.15, 0.2) is 84.9 Å². The molecular formula is C28H33N3O3. The van der Waals surface area contributed by atoms with Crippen molar-refractivity contribution >= 4 is 11.8 Å². The first kappa shape index (κ1) is 25.0. The van der Waals surface area contributed by atoms with Crippen molar-refractivity contribution in [3.05, 3.63) is 102 Å². The first-order valence-electron chi connectivity index (χ1n) is 11.6. The second-order valence-electron chi connectivity index (χ2n) is 8.25. The van der Waals surface area contributed by atoms with Crippen molar-refractivity contribution in [1.82, 2.24) is 10.6 Å². The van der Waals surface area contributed by atoms with Gasteiger partial charge in [0.1, 0.15) is 11.8 Å². The summed E-state index contributed by atoms with van der Waals surface area (Å²) in [5.74, 6) is -0.213. The minimum Gasteiger partial charge on any atom is -0.497 e. The van der Waals surface area contributed by atoms with Gasteiger partial charge >= 0.3 is 0 Å². The van der Waals surface area contributed by atoms with Crippen molar-refractivity contribution in [2.45, 2.75) is 37.8 Å². The van der Waals surface area contributed by atoms with Crippen LogP contribution in [0, 0.1) is 0 Å². The van der Waals surface area contributed by atoms with Gasteiger partial charge in [0.05, 0.1) is 19.1 Å². The van der Waals surface area contributed by atoms with Crippen LogP contribution in [0.3, 0.4) is 0 Å². The maximum atomic E-state index is 13.5. The third kappa shape index (κ3) is 6.68. The molecule has 0 saturated carbocycles. The van der Waals surface area contributed by atoms with E-state index in [2.05, 4.69) is 10.6 Å². The average molecular weight is 460 g/mol. The standard InChI is InChI=1S/C28H33N3O3/c1-20(21-15-17-24(34-2)18-16-21)30-27(32)25(14-9-19-29)31-28(33)26(22-10-5-3-6-11-22)23-12-7-4-8-13-23/h3-8,10-13,15-18,20,25-26H,9,14,19,29H2,1-2H3,(H,30,32)(H,31,33)/t20-,25+/m0/s1. The zero-order valence-corrected chi connectivity index (χ0v) is 19.7. The van der Waals surface area contributed by atoms with Gasteiger partial charge in [-0.3, -0.25) is 9.59 Å². The Hall–Kier alpha value is -3.64. The Morgan fingerprint density at radius 2 is 1.35 bits per heavy atom. The summed E-state index contributed by atoms with van der Waals surface area (Å²) in [5, 5.41) is 6.03. The summed E-state index contributed by atoms with van der Waals surface area (Å²) >= 11 is 0. The molecule has 0 bridgehead atoms. The maximum absolute atomic E-state index is 13.5. The molecule has 3 rings (SSSR count). The summed E-state index contributed by atoms with van der Waals surface area (Å²) in [5.41, 5.74) is 8.40. The lowest BCUT2D eigenvalue weighted by atomic mass is 9.90. The van der Waals surface area contributed by atoms with E-state index in [9.17, 15) is 9.59 Å². The van der Waals surface area contributed by atoms with E-state index >= 15 is 0 Å². The molecular weight excluding hydrogens is 426 g/mol. The highest BCUT2D eigenvalue weighted by molar-refractivity contribution is 5.92. The normalized spacial score (nSPS) is 12.6. The van der Waals surface area contributed by atoms with E-state index in [0.717, 1.165) is 22.4 Å². The van der Waals surface area contributed by atoms with Crippen LogP contribution in [-0.4, -0.2) is 31.5 Å². The molecule has 0 saturated heterocycles. The molecule has 3 aromatic carbocycles. The first-order chi connectivity index (χ1) is 16.5. The summed E-state index contributed by atoms with van der Waals surface area (Å²) in [7, 11) is 1.61. The van der Waals surface area contributed by atoms with E-state index in [0.29, 0.717) is 19.4 Å². The minimum absolute atomic E-state index is 0.216. The van der Waals surface area contributed by atoms with Crippen LogP contribution < -0.4 is 21.1 Å². The Morgan fingerprint density at radius 1 is 0.794 bits per heavy atom. The highest BCUT2D eigenvalue weighted by atomic mass is 16.5. The molecule has 34 heavy (non-hydrogen) atoms.